The van der Waals surface area contributed by atoms with Gasteiger partial charge in [-0.2, -0.15) is 0 Å². The number of nitrogens with zero attached hydrogens (tertiary/aromatic N) is 1. The second-order valence-corrected chi connectivity index (χ2v) is 5.78. The fraction of sp³-hybridized carbons (Fsp3) is 0.625. The van der Waals surface area contributed by atoms with Crippen molar-refractivity contribution in [1.82, 2.24) is 4.90 Å². The average molecular weight is 248 g/mol. The van der Waals surface area contributed by atoms with E-state index >= 15 is 0 Å². The third-order valence-corrected chi connectivity index (χ3v) is 3.18. The average Bonchev–Trinajstić information content (AvgIpc) is 2.34. The molecule has 0 spiro atoms. The van der Waals surface area contributed by atoms with Crippen LogP contribution in [0.5, 0.6) is 0 Å². The summed E-state index contributed by atoms with van der Waals surface area (Å²) in [6, 6.07) is 11.6. The van der Waals surface area contributed by atoms with Crippen LogP contribution in [0.25, 0.3) is 0 Å². The van der Waals surface area contributed by atoms with E-state index in [2.05, 4.69) is 69.1 Å². The van der Waals surface area contributed by atoms with E-state index in [1.807, 2.05) is 6.07 Å². The Hall–Kier alpha value is -1.02. The lowest BCUT2D eigenvalue weighted by atomic mass is 10.1. The van der Waals surface area contributed by atoms with Gasteiger partial charge in [0.2, 0.25) is 0 Å². The number of nitrogens with one attached hydrogen (secondary N) is 1. The van der Waals surface area contributed by atoms with Crippen molar-refractivity contribution in [2.24, 2.45) is 5.92 Å². The SMILES string of the molecule is CC(C)CN(C(C)C)C(C)CNc1ccccc1. The molecule has 1 rings (SSSR count). The Kier molecular flexibility index (Phi) is 6.20. The number of hydrogen-bond donors (Lipinski definition) is 1. The molecule has 0 aliphatic rings. The minimum absolute atomic E-state index is 0.549. The topological polar surface area (TPSA) is 15.3 Å². The van der Waals surface area contributed by atoms with Gasteiger partial charge in [0.05, 0.1) is 0 Å². The van der Waals surface area contributed by atoms with E-state index in [-0.39, 0.29) is 0 Å². The van der Waals surface area contributed by atoms with Gasteiger partial charge in [0.15, 0.2) is 0 Å². The molecule has 0 fully saturated rings. The highest BCUT2D eigenvalue weighted by Crippen LogP contribution is 2.11. The lowest BCUT2D eigenvalue weighted by Gasteiger charge is -2.34. The summed E-state index contributed by atoms with van der Waals surface area (Å²) in [5.41, 5.74) is 1.21. The van der Waals surface area contributed by atoms with E-state index in [1.54, 1.807) is 0 Å². The number of rotatable bonds is 7. The molecule has 102 valence electrons. The van der Waals surface area contributed by atoms with E-state index in [4.69, 9.17) is 0 Å². The Bertz CT molecular complexity index is 319. The molecule has 0 radical (unpaired) electrons. The molecule has 1 atom stereocenters. The number of anilines is 1. The summed E-state index contributed by atoms with van der Waals surface area (Å²) in [6.07, 6.45) is 0. The predicted molar refractivity (Wildman–Crippen MR) is 81.1 cm³/mol. The molecule has 1 unspecified atom stereocenters. The summed E-state index contributed by atoms with van der Waals surface area (Å²) >= 11 is 0. The van der Waals surface area contributed by atoms with E-state index < -0.39 is 0 Å². The molecule has 0 saturated carbocycles. The minimum atomic E-state index is 0.549. The molecule has 2 nitrogen and oxygen atoms in total. The molecule has 1 N–H and O–H groups in total. The molecular formula is C16H28N2. The van der Waals surface area contributed by atoms with E-state index in [9.17, 15) is 0 Å². The normalized spacial score (nSPS) is 13.3. The van der Waals surface area contributed by atoms with Crippen molar-refractivity contribution in [2.75, 3.05) is 18.4 Å². The fourth-order valence-electron chi connectivity index (χ4n) is 2.26. The summed E-state index contributed by atoms with van der Waals surface area (Å²) in [5, 5.41) is 3.51. The van der Waals surface area contributed by atoms with Gasteiger partial charge < -0.3 is 5.32 Å². The summed E-state index contributed by atoms with van der Waals surface area (Å²) in [5.74, 6) is 0.714. The van der Waals surface area contributed by atoms with Crippen LogP contribution in [0.3, 0.4) is 0 Å². The zero-order valence-electron chi connectivity index (χ0n) is 12.5. The second-order valence-electron chi connectivity index (χ2n) is 5.78. The molecule has 1 aromatic rings. The summed E-state index contributed by atoms with van der Waals surface area (Å²) in [4.78, 5) is 2.57. The Morgan fingerprint density at radius 2 is 1.61 bits per heavy atom. The van der Waals surface area contributed by atoms with Gasteiger partial charge in [0, 0.05) is 30.9 Å². The molecule has 18 heavy (non-hydrogen) atoms. The molecule has 1 aromatic carbocycles. The van der Waals surface area contributed by atoms with Crippen LogP contribution in [0, 0.1) is 5.92 Å². The lowest BCUT2D eigenvalue weighted by molar-refractivity contribution is 0.151. The maximum Gasteiger partial charge on any atom is 0.0340 e. The van der Waals surface area contributed by atoms with Crippen LogP contribution < -0.4 is 5.32 Å². The maximum atomic E-state index is 3.51. The number of hydrogen-bond acceptors (Lipinski definition) is 2. The summed E-state index contributed by atoms with van der Waals surface area (Å²) in [7, 11) is 0. The fourth-order valence-corrected chi connectivity index (χ4v) is 2.26. The largest absolute Gasteiger partial charge is 0.383 e. The van der Waals surface area contributed by atoms with Crippen molar-refractivity contribution in [3.63, 3.8) is 0 Å². The molecule has 0 aliphatic carbocycles. The van der Waals surface area contributed by atoms with Crippen molar-refractivity contribution in [1.29, 1.82) is 0 Å². The zero-order chi connectivity index (χ0) is 13.5. The van der Waals surface area contributed by atoms with Gasteiger partial charge in [-0.25, -0.2) is 0 Å². The van der Waals surface area contributed by atoms with Crippen molar-refractivity contribution in [3.05, 3.63) is 30.3 Å². The van der Waals surface area contributed by atoms with Gasteiger partial charge in [0.1, 0.15) is 0 Å². The highest BCUT2D eigenvalue weighted by molar-refractivity contribution is 5.42. The lowest BCUT2D eigenvalue weighted by Crippen LogP contribution is -2.44. The van der Waals surface area contributed by atoms with Crippen LogP contribution in [0.15, 0.2) is 30.3 Å². The third kappa shape index (κ3) is 5.09. The Balaban J connectivity index is 2.49. The first-order valence-corrected chi connectivity index (χ1v) is 7.05. The van der Waals surface area contributed by atoms with E-state index in [0.29, 0.717) is 18.0 Å². The molecule has 2 heteroatoms. The van der Waals surface area contributed by atoms with Crippen molar-refractivity contribution in [2.45, 2.75) is 46.7 Å². The number of para-hydroxylation sites is 1. The van der Waals surface area contributed by atoms with E-state index in [1.165, 1.54) is 5.69 Å². The minimum Gasteiger partial charge on any atom is -0.383 e. The monoisotopic (exact) mass is 248 g/mol. The van der Waals surface area contributed by atoms with Gasteiger partial charge in [0.25, 0.3) is 0 Å². The van der Waals surface area contributed by atoms with Crippen LogP contribution in [0.2, 0.25) is 0 Å². The van der Waals surface area contributed by atoms with E-state index in [0.717, 1.165) is 13.1 Å². The molecule has 0 bridgehead atoms. The smallest absolute Gasteiger partial charge is 0.0340 e. The summed E-state index contributed by atoms with van der Waals surface area (Å²) < 4.78 is 0. The first-order chi connectivity index (χ1) is 8.50. The quantitative estimate of drug-likeness (QED) is 0.788. The molecule has 0 aromatic heterocycles. The van der Waals surface area contributed by atoms with Gasteiger partial charge in [-0.15, -0.1) is 0 Å². The second kappa shape index (κ2) is 7.42. The van der Waals surface area contributed by atoms with Crippen LogP contribution in [0.1, 0.15) is 34.6 Å². The van der Waals surface area contributed by atoms with Crippen molar-refractivity contribution >= 4 is 5.69 Å². The standard InChI is InChI=1S/C16H28N2/c1-13(2)12-18(14(3)4)15(5)11-17-16-9-7-6-8-10-16/h6-10,13-15,17H,11-12H2,1-5H3. The van der Waals surface area contributed by atoms with Crippen LogP contribution in [0.4, 0.5) is 5.69 Å². The van der Waals surface area contributed by atoms with Gasteiger partial charge in [-0.1, -0.05) is 32.0 Å². The predicted octanol–water partition coefficient (Wildman–Crippen LogP) is 3.85. The zero-order valence-corrected chi connectivity index (χ0v) is 12.5. The van der Waals surface area contributed by atoms with Gasteiger partial charge >= 0.3 is 0 Å². The molecule has 0 heterocycles. The molecule has 0 saturated heterocycles. The number of benzene rings is 1. The van der Waals surface area contributed by atoms with Crippen LogP contribution >= 0.6 is 0 Å². The highest BCUT2D eigenvalue weighted by atomic mass is 15.2. The van der Waals surface area contributed by atoms with Crippen molar-refractivity contribution in [3.8, 4) is 0 Å². The molecule has 0 amide bonds. The highest BCUT2D eigenvalue weighted by Gasteiger charge is 2.17. The molecular weight excluding hydrogens is 220 g/mol. The van der Waals surface area contributed by atoms with Crippen LogP contribution in [-0.2, 0) is 0 Å². The van der Waals surface area contributed by atoms with Gasteiger partial charge in [-0.3, -0.25) is 4.90 Å². The van der Waals surface area contributed by atoms with Crippen molar-refractivity contribution < 1.29 is 0 Å². The third-order valence-electron chi connectivity index (χ3n) is 3.18. The van der Waals surface area contributed by atoms with Gasteiger partial charge in [-0.05, 0) is 38.8 Å². The first kappa shape index (κ1) is 15.0. The molecule has 0 aliphatic heterocycles. The first-order valence-electron chi connectivity index (χ1n) is 7.05. The Morgan fingerprint density at radius 3 is 2.11 bits per heavy atom. The van der Waals surface area contributed by atoms with Crippen LogP contribution in [-0.4, -0.2) is 30.1 Å². The summed E-state index contributed by atoms with van der Waals surface area (Å²) in [6.45, 7) is 13.6. The maximum absolute atomic E-state index is 3.51. The Morgan fingerprint density at radius 1 is 1.00 bits per heavy atom. The Labute approximate surface area is 112 Å².